The number of anilines is 1. The molecule has 0 aliphatic carbocycles. The Labute approximate surface area is 182 Å². The summed E-state index contributed by atoms with van der Waals surface area (Å²) in [4.78, 5) is 37.4. The van der Waals surface area contributed by atoms with E-state index in [2.05, 4.69) is 10.4 Å². The van der Waals surface area contributed by atoms with Gasteiger partial charge in [0.25, 0.3) is 5.91 Å². The van der Waals surface area contributed by atoms with Gasteiger partial charge in [0.15, 0.2) is 12.4 Å². The third-order valence-corrected chi connectivity index (χ3v) is 5.72. The maximum atomic E-state index is 12.5. The lowest BCUT2D eigenvalue weighted by molar-refractivity contribution is -0.119. The normalized spacial score (nSPS) is 10.8. The minimum absolute atomic E-state index is 0.100. The molecule has 0 saturated carbocycles. The second kappa shape index (κ2) is 8.53. The zero-order valence-corrected chi connectivity index (χ0v) is 17.7. The summed E-state index contributed by atoms with van der Waals surface area (Å²) in [6, 6.07) is 18.0. The average Bonchev–Trinajstić information content (AvgIpc) is 3.33. The minimum Gasteiger partial charge on any atom is -0.451 e. The number of hydrogen-bond donors (Lipinski definition) is 1. The minimum atomic E-state index is -0.576. The van der Waals surface area contributed by atoms with Crippen LogP contribution < -0.4 is 5.32 Å². The van der Waals surface area contributed by atoms with Crippen LogP contribution in [0.25, 0.3) is 15.9 Å². The predicted molar refractivity (Wildman–Crippen MR) is 119 cm³/mol. The van der Waals surface area contributed by atoms with Gasteiger partial charge in [0.05, 0.1) is 11.4 Å². The molecule has 156 valence electrons. The van der Waals surface area contributed by atoms with Crippen molar-refractivity contribution in [2.75, 3.05) is 11.9 Å². The molecule has 0 aliphatic heterocycles. The van der Waals surface area contributed by atoms with Crippen LogP contribution in [0, 0.1) is 6.92 Å². The van der Waals surface area contributed by atoms with Crippen molar-refractivity contribution >= 4 is 44.9 Å². The highest BCUT2D eigenvalue weighted by atomic mass is 32.1. The Morgan fingerprint density at radius 3 is 2.58 bits per heavy atom. The Bertz CT molecular complexity index is 1290. The van der Waals surface area contributed by atoms with Crippen molar-refractivity contribution in [3.05, 3.63) is 76.8 Å². The van der Waals surface area contributed by atoms with Crippen molar-refractivity contribution in [1.29, 1.82) is 0 Å². The van der Waals surface area contributed by atoms with Gasteiger partial charge in [-0.2, -0.15) is 5.10 Å². The predicted octanol–water partition coefficient (Wildman–Crippen LogP) is 4.39. The Morgan fingerprint density at radius 1 is 1.06 bits per heavy atom. The number of hydrogen-bond acceptors (Lipinski definition) is 6. The van der Waals surface area contributed by atoms with E-state index in [9.17, 15) is 14.4 Å². The molecule has 0 radical (unpaired) electrons. The second-order valence-corrected chi connectivity index (χ2v) is 7.95. The molecule has 0 atom stereocenters. The second-order valence-electron chi connectivity index (χ2n) is 6.92. The van der Waals surface area contributed by atoms with E-state index in [1.165, 1.54) is 18.3 Å². The molecule has 2 aromatic carbocycles. The first kappa shape index (κ1) is 20.5. The summed E-state index contributed by atoms with van der Waals surface area (Å²) in [5, 5.41) is 8.04. The van der Waals surface area contributed by atoms with Crippen LogP contribution in [-0.4, -0.2) is 34.0 Å². The van der Waals surface area contributed by atoms with Crippen molar-refractivity contribution in [1.82, 2.24) is 9.78 Å². The molecule has 2 aromatic heterocycles. The van der Waals surface area contributed by atoms with Gasteiger partial charge in [-0.25, -0.2) is 9.48 Å². The number of para-hydroxylation sites is 1. The number of Topliss-reactive ketones (excluding diaryl/α,β-unsaturated/α-hetero) is 1. The molecule has 7 nitrogen and oxygen atoms in total. The molecule has 0 aliphatic rings. The Hall–Kier alpha value is -3.78. The smallest absolute Gasteiger partial charge is 0.348 e. The van der Waals surface area contributed by atoms with Gasteiger partial charge in [0, 0.05) is 16.6 Å². The van der Waals surface area contributed by atoms with E-state index in [4.69, 9.17) is 4.74 Å². The molecule has 0 unspecified atom stereocenters. The van der Waals surface area contributed by atoms with E-state index >= 15 is 0 Å². The van der Waals surface area contributed by atoms with Gasteiger partial charge in [0.2, 0.25) is 0 Å². The number of rotatable bonds is 6. The number of aryl methyl sites for hydroxylation is 1. The summed E-state index contributed by atoms with van der Waals surface area (Å²) in [7, 11) is 0. The van der Waals surface area contributed by atoms with E-state index in [1.807, 2.05) is 37.3 Å². The lowest BCUT2D eigenvalue weighted by Crippen LogP contribution is -2.20. The topological polar surface area (TPSA) is 90.3 Å². The van der Waals surface area contributed by atoms with Crippen LogP contribution in [0.4, 0.5) is 5.69 Å². The standard InChI is InChI=1S/C23H19N3O4S/c1-14-19-12-20(31-22(19)26(25-14)18-9-4-3-5-10-18)23(29)30-13-21(28)24-17-8-6-7-16(11-17)15(2)27/h3-12H,13H2,1-2H3,(H,24,28). The zero-order chi connectivity index (χ0) is 22.0. The first-order valence-corrected chi connectivity index (χ1v) is 10.4. The highest BCUT2D eigenvalue weighted by Crippen LogP contribution is 2.30. The summed E-state index contributed by atoms with van der Waals surface area (Å²) in [6.07, 6.45) is 0. The van der Waals surface area contributed by atoms with Gasteiger partial charge < -0.3 is 10.1 Å². The number of nitrogens with one attached hydrogen (secondary N) is 1. The van der Waals surface area contributed by atoms with Crippen molar-refractivity contribution in [2.45, 2.75) is 13.8 Å². The van der Waals surface area contributed by atoms with Crippen molar-refractivity contribution < 1.29 is 19.1 Å². The third kappa shape index (κ3) is 4.39. The fourth-order valence-corrected chi connectivity index (χ4v) is 4.18. The molecule has 8 heteroatoms. The van der Waals surface area contributed by atoms with E-state index in [1.54, 1.807) is 35.0 Å². The summed E-state index contributed by atoms with van der Waals surface area (Å²) in [6.45, 7) is 2.90. The van der Waals surface area contributed by atoms with Crippen LogP contribution in [0.15, 0.2) is 60.7 Å². The van der Waals surface area contributed by atoms with Crippen LogP contribution in [0.1, 0.15) is 32.6 Å². The number of ketones is 1. The maximum absolute atomic E-state index is 12.5. The third-order valence-electron chi connectivity index (χ3n) is 4.63. The number of carbonyl (C=O) groups is 3. The molecule has 0 bridgehead atoms. The molecule has 0 fully saturated rings. The highest BCUT2D eigenvalue weighted by molar-refractivity contribution is 7.20. The summed E-state index contributed by atoms with van der Waals surface area (Å²) < 4.78 is 6.98. The average molecular weight is 433 g/mol. The van der Waals surface area contributed by atoms with Crippen molar-refractivity contribution in [2.24, 2.45) is 0 Å². The fourth-order valence-electron chi connectivity index (χ4n) is 3.11. The Balaban J connectivity index is 1.45. The van der Waals surface area contributed by atoms with E-state index in [0.717, 1.165) is 21.6 Å². The summed E-state index contributed by atoms with van der Waals surface area (Å²) in [5.41, 5.74) is 2.66. The van der Waals surface area contributed by atoms with Gasteiger partial charge in [0.1, 0.15) is 9.71 Å². The van der Waals surface area contributed by atoms with Gasteiger partial charge in [-0.05, 0) is 44.2 Å². The van der Waals surface area contributed by atoms with Gasteiger partial charge in [-0.3, -0.25) is 9.59 Å². The van der Waals surface area contributed by atoms with E-state index in [-0.39, 0.29) is 5.78 Å². The molecule has 4 rings (SSSR count). The van der Waals surface area contributed by atoms with Crippen molar-refractivity contribution in [3.8, 4) is 5.69 Å². The number of amides is 1. The first-order valence-electron chi connectivity index (χ1n) is 9.55. The Morgan fingerprint density at radius 2 is 1.84 bits per heavy atom. The number of carbonyl (C=O) groups excluding carboxylic acids is 3. The first-order chi connectivity index (χ1) is 14.9. The lowest BCUT2D eigenvalue weighted by Gasteiger charge is -2.07. The number of aromatic nitrogens is 2. The number of ether oxygens (including phenoxy) is 1. The van der Waals surface area contributed by atoms with Crippen LogP contribution in [0.2, 0.25) is 0 Å². The van der Waals surface area contributed by atoms with Crippen LogP contribution in [0.5, 0.6) is 0 Å². The van der Waals surface area contributed by atoms with Crippen LogP contribution in [-0.2, 0) is 9.53 Å². The lowest BCUT2D eigenvalue weighted by atomic mass is 10.1. The Kier molecular flexibility index (Phi) is 5.64. The monoisotopic (exact) mass is 433 g/mol. The van der Waals surface area contributed by atoms with Crippen molar-refractivity contribution in [3.63, 3.8) is 0 Å². The molecule has 0 saturated heterocycles. The molecule has 1 amide bonds. The number of nitrogens with zero attached hydrogens (tertiary/aromatic N) is 2. The SMILES string of the molecule is CC(=O)c1cccc(NC(=O)COC(=O)c2cc3c(C)nn(-c4ccccc4)c3s2)c1. The van der Waals surface area contributed by atoms with Crippen LogP contribution in [0.3, 0.4) is 0 Å². The fraction of sp³-hybridized carbons (Fsp3) is 0.130. The van der Waals surface area contributed by atoms with E-state index < -0.39 is 18.5 Å². The zero-order valence-electron chi connectivity index (χ0n) is 16.9. The molecule has 2 heterocycles. The van der Waals surface area contributed by atoms with Gasteiger partial charge in [-0.1, -0.05) is 30.3 Å². The highest BCUT2D eigenvalue weighted by Gasteiger charge is 2.19. The number of thiophene rings is 1. The van der Waals surface area contributed by atoms with E-state index in [0.29, 0.717) is 16.1 Å². The molecule has 1 N–H and O–H groups in total. The summed E-state index contributed by atoms with van der Waals surface area (Å²) in [5.74, 6) is -1.16. The number of fused-ring (bicyclic) bond motifs is 1. The molecule has 0 spiro atoms. The molecular weight excluding hydrogens is 414 g/mol. The maximum Gasteiger partial charge on any atom is 0.348 e. The largest absolute Gasteiger partial charge is 0.451 e. The molecule has 4 aromatic rings. The number of benzene rings is 2. The van der Waals surface area contributed by atoms with Crippen LogP contribution >= 0.6 is 11.3 Å². The summed E-state index contributed by atoms with van der Waals surface area (Å²) >= 11 is 1.27. The molecular formula is C23H19N3O4S. The van der Waals surface area contributed by atoms with Gasteiger partial charge >= 0.3 is 5.97 Å². The molecule has 31 heavy (non-hydrogen) atoms. The van der Waals surface area contributed by atoms with Gasteiger partial charge in [-0.15, -0.1) is 11.3 Å². The quantitative estimate of drug-likeness (QED) is 0.360. The number of esters is 1.